The van der Waals surface area contributed by atoms with Crippen LogP contribution in [0.5, 0.6) is 5.75 Å². The molecule has 3 aromatic carbocycles. The maximum absolute atomic E-state index is 13.7. The molecule has 38 heavy (non-hydrogen) atoms. The third-order valence-corrected chi connectivity index (χ3v) is 7.11. The molecule has 0 unspecified atom stereocenters. The number of hydrogen-bond acceptors (Lipinski definition) is 5. The number of nitrogens with one attached hydrogen (secondary N) is 1. The number of nitrogens with zero attached hydrogens (tertiary/aromatic N) is 4. The van der Waals surface area contributed by atoms with Gasteiger partial charge in [0.2, 0.25) is 11.8 Å². The minimum absolute atomic E-state index is 0.00153. The first-order chi connectivity index (χ1) is 18.4. The Bertz CT molecular complexity index is 1290. The van der Waals surface area contributed by atoms with Crippen molar-refractivity contribution < 1.29 is 19.5 Å². The minimum Gasteiger partial charge on any atom is -0.508 e. The molecule has 3 aromatic rings. The van der Waals surface area contributed by atoms with Crippen LogP contribution in [0.3, 0.4) is 0 Å². The molecule has 4 amide bonds. The highest BCUT2D eigenvalue weighted by atomic mass is 16.3. The van der Waals surface area contributed by atoms with Gasteiger partial charge in [0, 0.05) is 26.6 Å². The van der Waals surface area contributed by atoms with Crippen LogP contribution in [0.1, 0.15) is 16.7 Å². The monoisotopic (exact) mass is 513 g/mol. The summed E-state index contributed by atoms with van der Waals surface area (Å²) in [5.74, 6) is -0.197. The number of fused-ring (bicyclic) bond motifs is 1. The summed E-state index contributed by atoms with van der Waals surface area (Å²) in [7, 11) is 1.64. The van der Waals surface area contributed by atoms with Crippen molar-refractivity contribution in [1.82, 2.24) is 25.1 Å². The first-order valence-corrected chi connectivity index (χ1v) is 12.6. The van der Waals surface area contributed by atoms with Crippen molar-refractivity contribution in [2.45, 2.75) is 31.7 Å². The largest absolute Gasteiger partial charge is 0.508 e. The number of carbonyl (C=O) groups excluding carboxylic acids is 3. The van der Waals surface area contributed by atoms with Crippen LogP contribution in [0, 0.1) is 0 Å². The van der Waals surface area contributed by atoms with Crippen LogP contribution in [0.15, 0.2) is 84.9 Å². The smallest absolute Gasteiger partial charge is 0.332 e. The Balaban J connectivity index is 1.38. The van der Waals surface area contributed by atoms with E-state index in [1.807, 2.05) is 60.7 Å². The molecule has 9 nitrogen and oxygen atoms in total. The van der Waals surface area contributed by atoms with E-state index in [1.54, 1.807) is 46.1 Å². The summed E-state index contributed by atoms with van der Waals surface area (Å²) < 4.78 is 0. The third kappa shape index (κ3) is 5.33. The maximum atomic E-state index is 13.7. The number of aromatic hydroxyl groups is 1. The highest BCUT2D eigenvalue weighted by molar-refractivity contribution is 5.91. The molecule has 2 atom stereocenters. The van der Waals surface area contributed by atoms with Crippen LogP contribution in [0.4, 0.5) is 4.79 Å². The molecule has 0 aromatic heterocycles. The number of phenols is 1. The number of hydrogen-bond donors (Lipinski definition) is 2. The Labute approximate surface area is 221 Å². The van der Waals surface area contributed by atoms with E-state index in [2.05, 4.69) is 5.32 Å². The average molecular weight is 514 g/mol. The first kappa shape index (κ1) is 25.3. The van der Waals surface area contributed by atoms with Gasteiger partial charge in [-0.2, -0.15) is 5.01 Å². The lowest BCUT2D eigenvalue weighted by atomic mass is 10.00. The van der Waals surface area contributed by atoms with E-state index < -0.39 is 12.2 Å². The molecule has 5 rings (SSSR count). The molecule has 2 aliphatic heterocycles. The summed E-state index contributed by atoms with van der Waals surface area (Å²) >= 11 is 0. The van der Waals surface area contributed by atoms with Crippen molar-refractivity contribution in [3.63, 3.8) is 0 Å². The van der Waals surface area contributed by atoms with Crippen LogP contribution in [-0.2, 0) is 29.1 Å². The lowest BCUT2D eigenvalue weighted by molar-refractivity contribution is -0.157. The van der Waals surface area contributed by atoms with Crippen molar-refractivity contribution in [1.29, 1.82) is 0 Å². The van der Waals surface area contributed by atoms with Gasteiger partial charge in [0.05, 0.1) is 13.1 Å². The van der Waals surface area contributed by atoms with Gasteiger partial charge in [0.25, 0.3) is 0 Å². The Morgan fingerprint density at radius 1 is 0.921 bits per heavy atom. The number of carbonyl (C=O) groups is 3. The van der Waals surface area contributed by atoms with E-state index in [4.69, 9.17) is 0 Å². The Morgan fingerprint density at radius 3 is 2.21 bits per heavy atom. The zero-order valence-electron chi connectivity index (χ0n) is 21.2. The van der Waals surface area contributed by atoms with Gasteiger partial charge in [0.1, 0.15) is 18.0 Å². The van der Waals surface area contributed by atoms with Gasteiger partial charge >= 0.3 is 6.03 Å². The Kier molecular flexibility index (Phi) is 7.28. The van der Waals surface area contributed by atoms with E-state index in [1.165, 1.54) is 5.01 Å². The lowest BCUT2D eigenvalue weighted by Crippen LogP contribution is -2.65. The second-order valence-corrected chi connectivity index (χ2v) is 9.64. The molecule has 2 saturated heterocycles. The molecule has 0 aliphatic carbocycles. The number of urea groups is 1. The highest BCUT2D eigenvalue weighted by Crippen LogP contribution is 2.30. The number of rotatable bonds is 7. The van der Waals surface area contributed by atoms with Crippen LogP contribution in [0.2, 0.25) is 0 Å². The van der Waals surface area contributed by atoms with E-state index in [0.29, 0.717) is 19.5 Å². The van der Waals surface area contributed by atoms with Gasteiger partial charge in [-0.05, 0) is 28.8 Å². The highest BCUT2D eigenvalue weighted by Gasteiger charge is 2.51. The van der Waals surface area contributed by atoms with Gasteiger partial charge < -0.3 is 20.2 Å². The van der Waals surface area contributed by atoms with Crippen LogP contribution in [-0.4, -0.2) is 75.1 Å². The van der Waals surface area contributed by atoms with Crippen molar-refractivity contribution in [2.75, 3.05) is 20.1 Å². The maximum Gasteiger partial charge on any atom is 0.332 e. The van der Waals surface area contributed by atoms with Gasteiger partial charge in [-0.15, -0.1) is 0 Å². The Hall–Kier alpha value is -4.37. The molecular formula is C29H31N5O4. The zero-order chi connectivity index (χ0) is 26.6. The van der Waals surface area contributed by atoms with Crippen LogP contribution >= 0.6 is 0 Å². The fourth-order valence-corrected chi connectivity index (χ4v) is 5.11. The molecule has 196 valence electrons. The van der Waals surface area contributed by atoms with E-state index in [-0.39, 0.29) is 36.7 Å². The number of benzene rings is 3. The van der Waals surface area contributed by atoms with Crippen molar-refractivity contribution >= 4 is 17.8 Å². The average Bonchev–Trinajstić information content (AvgIpc) is 3.27. The predicted octanol–water partition coefficient (Wildman–Crippen LogP) is 2.57. The minimum atomic E-state index is -0.722. The van der Waals surface area contributed by atoms with Crippen LogP contribution < -0.4 is 5.32 Å². The van der Waals surface area contributed by atoms with E-state index >= 15 is 0 Å². The normalized spacial score (nSPS) is 19.4. The van der Waals surface area contributed by atoms with Gasteiger partial charge in [-0.25, -0.2) is 4.79 Å². The fraction of sp³-hybridized carbons (Fsp3) is 0.276. The van der Waals surface area contributed by atoms with Gasteiger partial charge in [-0.3, -0.25) is 14.6 Å². The molecule has 2 fully saturated rings. The second-order valence-electron chi connectivity index (χ2n) is 9.64. The van der Waals surface area contributed by atoms with Gasteiger partial charge in [0.15, 0.2) is 0 Å². The first-order valence-electron chi connectivity index (χ1n) is 12.6. The summed E-state index contributed by atoms with van der Waals surface area (Å²) in [4.78, 5) is 43.5. The van der Waals surface area contributed by atoms with Crippen molar-refractivity contribution in [3.05, 3.63) is 102 Å². The topological polar surface area (TPSA) is 96.4 Å². The van der Waals surface area contributed by atoms with Crippen molar-refractivity contribution in [3.8, 4) is 5.75 Å². The van der Waals surface area contributed by atoms with E-state index in [0.717, 1.165) is 16.7 Å². The van der Waals surface area contributed by atoms with Crippen molar-refractivity contribution in [2.24, 2.45) is 0 Å². The molecule has 0 bridgehead atoms. The molecule has 9 heteroatoms. The number of phenolic OH excluding ortho intramolecular Hbond substituents is 1. The molecule has 2 heterocycles. The zero-order valence-corrected chi connectivity index (χ0v) is 21.2. The third-order valence-electron chi connectivity index (χ3n) is 7.11. The molecule has 0 spiro atoms. The molecule has 2 N–H and O–H groups in total. The summed E-state index contributed by atoms with van der Waals surface area (Å²) in [6.07, 6.45) is -0.178. The number of amides is 4. The fourth-order valence-electron chi connectivity index (χ4n) is 5.11. The summed E-state index contributed by atoms with van der Waals surface area (Å²) in [6, 6.07) is 25.0. The summed E-state index contributed by atoms with van der Waals surface area (Å²) in [5, 5.41) is 15.8. The predicted molar refractivity (Wildman–Crippen MR) is 141 cm³/mol. The Morgan fingerprint density at radius 2 is 1.55 bits per heavy atom. The van der Waals surface area contributed by atoms with E-state index in [9.17, 15) is 19.5 Å². The number of hydrazine groups is 1. The van der Waals surface area contributed by atoms with Gasteiger partial charge in [-0.1, -0.05) is 72.8 Å². The lowest BCUT2D eigenvalue weighted by Gasteiger charge is -2.45. The standard InChI is InChI=1S/C29H31N5O4/c1-31(29(38)30-17-22-8-4-2-5-9-22)33-20-27(36)34-25(16-21-12-14-24(35)15-13-21)28(37)32(19-26(33)34)18-23-10-6-3-7-11-23/h2-15,25-26,35H,16-20H2,1H3,(H,30,38)/t25-,26+/m0/s1. The quantitative estimate of drug-likeness (QED) is 0.506. The summed E-state index contributed by atoms with van der Waals surface area (Å²) in [5.41, 5.74) is 2.80. The molecule has 2 aliphatic rings. The SMILES string of the molecule is CN(C(=O)NCc1ccccc1)N1CC(=O)N2[C@@H](Cc3ccc(O)cc3)C(=O)N(Cc3ccccc3)C[C@@H]21. The molecular weight excluding hydrogens is 482 g/mol. The molecule has 0 saturated carbocycles. The van der Waals surface area contributed by atoms with Crippen LogP contribution in [0.25, 0.3) is 0 Å². The summed E-state index contributed by atoms with van der Waals surface area (Å²) in [6.45, 7) is 1.05. The number of piperazine rings is 1. The molecule has 0 radical (unpaired) electrons. The second kappa shape index (κ2) is 10.9.